The SMILES string of the molecule is COC(=O)CSc1cc(/N=c2\sc(=O)n3n2CCCC3)c(F)cc1Cl.COc1cc(OC)nc(NC(=O)NS(=O)(=O)c2nc(C(F)(F)F)ccc2C(=O)O)n1.O=C(O)COc1ccc(Cl)c2cccnc12. The molecule has 0 spiro atoms. The highest BCUT2D eigenvalue weighted by molar-refractivity contribution is 8.00. The number of nitrogens with zero attached hydrogens (tertiary/aromatic N) is 7. The molecule has 7 rings (SSSR count). The molecule has 0 saturated carbocycles. The van der Waals surface area contributed by atoms with Crippen molar-refractivity contribution in [3.05, 3.63) is 102 Å². The zero-order valence-electron chi connectivity index (χ0n) is 36.5. The minimum atomic E-state index is -5.14. The number of carboxylic acids is 2. The number of thioether (sulfide) groups is 1. The van der Waals surface area contributed by atoms with Crippen molar-refractivity contribution in [2.45, 2.75) is 42.0 Å². The summed E-state index contributed by atoms with van der Waals surface area (Å²) >= 11 is 14.2. The molecular formula is C40H35Cl2F4N9O13S3. The van der Waals surface area contributed by atoms with Crippen LogP contribution in [0.5, 0.6) is 17.5 Å². The third kappa shape index (κ3) is 14.7. The highest BCUT2D eigenvalue weighted by atomic mass is 35.5. The second-order valence-electron chi connectivity index (χ2n) is 13.6. The average Bonchev–Trinajstić information content (AvgIpc) is 3.65. The summed E-state index contributed by atoms with van der Waals surface area (Å²) in [7, 11) is -1.37. The Morgan fingerprint density at radius 1 is 0.930 bits per heavy atom. The van der Waals surface area contributed by atoms with E-state index >= 15 is 0 Å². The highest BCUT2D eigenvalue weighted by Gasteiger charge is 2.36. The number of pyridine rings is 2. The van der Waals surface area contributed by atoms with Crippen molar-refractivity contribution in [3.8, 4) is 17.5 Å². The van der Waals surface area contributed by atoms with Crippen LogP contribution in [0.3, 0.4) is 0 Å². The number of alkyl halides is 3. The summed E-state index contributed by atoms with van der Waals surface area (Å²) in [4.78, 5) is 76.4. The van der Waals surface area contributed by atoms with Crippen LogP contribution in [0.15, 0.2) is 80.5 Å². The number of aliphatic carboxylic acids is 1. The molecule has 2 amide bonds. The van der Waals surface area contributed by atoms with Gasteiger partial charge in [-0.25, -0.2) is 38.2 Å². The largest absolute Gasteiger partial charge is 0.481 e. The number of hydrogen-bond acceptors (Lipinski definition) is 18. The lowest BCUT2D eigenvalue weighted by molar-refractivity contribution is -0.141. The van der Waals surface area contributed by atoms with Crippen molar-refractivity contribution in [2.75, 3.05) is 39.0 Å². The van der Waals surface area contributed by atoms with E-state index in [1.54, 1.807) is 39.8 Å². The van der Waals surface area contributed by atoms with Gasteiger partial charge in [0.1, 0.15) is 28.5 Å². The van der Waals surface area contributed by atoms with E-state index in [1.165, 1.54) is 38.2 Å². The van der Waals surface area contributed by atoms with E-state index in [2.05, 4.69) is 29.7 Å². The van der Waals surface area contributed by atoms with E-state index in [-0.39, 0.29) is 33.1 Å². The van der Waals surface area contributed by atoms with Crippen molar-refractivity contribution < 1.29 is 74.3 Å². The number of urea groups is 1. The van der Waals surface area contributed by atoms with Crippen LogP contribution < -0.4 is 33.9 Å². The number of methoxy groups -OCH3 is 3. The van der Waals surface area contributed by atoms with Crippen molar-refractivity contribution in [1.82, 2.24) is 34.0 Å². The summed E-state index contributed by atoms with van der Waals surface area (Å²) in [5.41, 5.74) is -2.10. The number of rotatable bonds is 13. The number of sulfonamides is 1. The fourth-order valence-corrected chi connectivity index (χ4v) is 8.99. The van der Waals surface area contributed by atoms with Crippen LogP contribution in [0.25, 0.3) is 10.9 Å². The first-order valence-corrected chi connectivity index (χ1v) is 23.6. The molecule has 2 aromatic carbocycles. The standard InChI is InChI=1S/C15H15ClFN3O3S2.C14H12F3N5O7S.C11H8ClNO3/c1-23-13(21)8-24-12-7-11(10(17)6-9(12)16)18-14-19-4-2-3-5-20(19)15(22)25-14;1-28-8-5-9(29-2)20-12(19-8)21-13(25)22-30(26,27)10-6(11(23)24)3-4-7(18-10)14(15,16)17;12-8-3-4-9(16-6-10(14)15)11-7(8)2-1-5-13-11/h6-7H,2-5,8H2,1H3;3-5H,1-2H3,(H,23,24)(H2,19,20,21,22,25);1-5H,6H2,(H,14,15)/b18-14-;;. The monoisotopic (exact) mass is 1090 g/mol. The van der Waals surface area contributed by atoms with Crippen LogP contribution in [0, 0.1) is 5.82 Å². The van der Waals surface area contributed by atoms with Gasteiger partial charge in [0.25, 0.3) is 10.0 Å². The molecule has 1 aliphatic rings. The first-order chi connectivity index (χ1) is 33.5. The van der Waals surface area contributed by atoms with E-state index in [1.807, 2.05) is 5.32 Å². The summed E-state index contributed by atoms with van der Waals surface area (Å²) in [6.07, 6.45) is -1.56. The topological polar surface area (TPSA) is 295 Å². The molecule has 22 nitrogen and oxygen atoms in total. The summed E-state index contributed by atoms with van der Waals surface area (Å²) in [6, 6.07) is 9.90. The fraction of sp³-hybridized carbons (Fsp3) is 0.250. The van der Waals surface area contributed by atoms with Crippen LogP contribution >= 0.6 is 46.3 Å². The molecule has 0 bridgehead atoms. The summed E-state index contributed by atoms with van der Waals surface area (Å²) < 4.78 is 102. The number of fused-ring (bicyclic) bond motifs is 2. The Hall–Kier alpha value is -7.08. The number of anilines is 1. The number of nitrogens with one attached hydrogen (secondary N) is 2. The van der Waals surface area contributed by atoms with Crippen molar-refractivity contribution in [2.24, 2.45) is 4.99 Å². The lowest BCUT2D eigenvalue weighted by atomic mass is 10.2. The maximum absolute atomic E-state index is 14.3. The van der Waals surface area contributed by atoms with Gasteiger partial charge >= 0.3 is 35.0 Å². The van der Waals surface area contributed by atoms with Gasteiger partial charge in [-0.15, -0.1) is 11.8 Å². The van der Waals surface area contributed by atoms with Gasteiger partial charge in [-0.2, -0.15) is 31.6 Å². The molecule has 0 fully saturated rings. The minimum Gasteiger partial charge on any atom is -0.481 e. The molecule has 71 heavy (non-hydrogen) atoms. The van der Waals surface area contributed by atoms with Gasteiger partial charge in [-0.3, -0.25) is 24.6 Å². The average molecular weight is 1090 g/mol. The third-order valence-corrected chi connectivity index (χ3v) is 12.8. The van der Waals surface area contributed by atoms with Gasteiger partial charge in [0, 0.05) is 29.6 Å². The Morgan fingerprint density at radius 3 is 2.23 bits per heavy atom. The number of halogens is 6. The quantitative estimate of drug-likeness (QED) is 0.0563. The van der Waals surface area contributed by atoms with Gasteiger partial charge in [-0.05, 0) is 72.7 Å². The van der Waals surface area contributed by atoms with E-state index in [4.69, 9.17) is 47.6 Å². The van der Waals surface area contributed by atoms with Crippen molar-refractivity contribution >= 4 is 103 Å². The lowest BCUT2D eigenvalue weighted by Crippen LogP contribution is -2.36. The number of carboxylic acid groups (broad SMARTS) is 2. The summed E-state index contributed by atoms with van der Waals surface area (Å²) in [6.45, 7) is 0.929. The van der Waals surface area contributed by atoms with Crippen LogP contribution in [-0.2, 0) is 43.6 Å². The summed E-state index contributed by atoms with van der Waals surface area (Å²) in [5.74, 6) is -4.01. The van der Waals surface area contributed by atoms with Gasteiger partial charge in [-0.1, -0.05) is 23.2 Å². The van der Waals surface area contributed by atoms with Gasteiger partial charge in [0.2, 0.25) is 22.5 Å². The second kappa shape index (κ2) is 24.2. The molecule has 0 saturated heterocycles. The van der Waals surface area contributed by atoms with Crippen LogP contribution in [0.1, 0.15) is 28.9 Å². The maximum atomic E-state index is 14.3. The molecule has 4 aromatic heterocycles. The van der Waals surface area contributed by atoms with Crippen molar-refractivity contribution in [3.63, 3.8) is 0 Å². The molecule has 31 heteroatoms. The lowest BCUT2D eigenvalue weighted by Gasteiger charge is -2.15. The number of hydrogen-bond donors (Lipinski definition) is 4. The van der Waals surface area contributed by atoms with Crippen LogP contribution in [0.4, 0.5) is 34.0 Å². The van der Waals surface area contributed by atoms with Crippen LogP contribution in [0.2, 0.25) is 10.0 Å². The number of benzene rings is 2. The number of amides is 2. The molecule has 1 aliphatic heterocycles. The number of aromatic carboxylic acids is 1. The van der Waals surface area contributed by atoms with Crippen LogP contribution in [-0.4, -0.2) is 106 Å². The molecule has 0 unspecified atom stereocenters. The first-order valence-electron chi connectivity index (χ1n) is 19.6. The molecule has 6 aromatic rings. The molecule has 0 radical (unpaired) electrons. The van der Waals surface area contributed by atoms with E-state index in [9.17, 15) is 50.0 Å². The zero-order chi connectivity index (χ0) is 52.2. The Morgan fingerprint density at radius 2 is 1.61 bits per heavy atom. The molecule has 0 atom stereocenters. The molecule has 5 heterocycles. The molecule has 378 valence electrons. The van der Waals surface area contributed by atoms with Crippen molar-refractivity contribution in [1.29, 1.82) is 0 Å². The zero-order valence-corrected chi connectivity index (χ0v) is 40.5. The fourth-order valence-electron chi connectivity index (χ4n) is 5.73. The van der Waals surface area contributed by atoms with Gasteiger partial charge in [0.15, 0.2) is 11.6 Å². The number of carbonyl (C=O) groups excluding carboxylic acids is 2. The number of aromatic nitrogens is 6. The molecular weight excluding hydrogens is 1060 g/mol. The predicted molar refractivity (Wildman–Crippen MR) is 246 cm³/mol. The number of esters is 1. The number of ether oxygens (including phenoxy) is 4. The summed E-state index contributed by atoms with van der Waals surface area (Å²) in [5, 5.41) is 19.5. The van der Waals surface area contributed by atoms with Gasteiger partial charge in [0.05, 0.1) is 48.8 Å². The Kier molecular flexibility index (Phi) is 18.7. The first kappa shape index (κ1) is 54.9. The number of carbonyl (C=O) groups is 4. The van der Waals surface area contributed by atoms with E-state index < -0.39 is 74.8 Å². The maximum Gasteiger partial charge on any atom is 0.433 e. The highest BCUT2D eigenvalue weighted by Crippen LogP contribution is 2.34. The molecule has 4 N–H and O–H groups in total. The predicted octanol–water partition coefficient (Wildman–Crippen LogP) is 6.26. The second-order valence-corrected chi connectivity index (χ2v) is 18.0. The smallest absolute Gasteiger partial charge is 0.433 e. The third-order valence-electron chi connectivity index (χ3n) is 8.90. The minimum absolute atomic E-state index is 0.0605. The molecule has 0 aliphatic carbocycles. The normalized spacial score (nSPS) is 12.3. The van der Waals surface area contributed by atoms with Gasteiger partial charge < -0.3 is 29.2 Å². The Labute approximate surface area is 415 Å². The van der Waals surface area contributed by atoms with E-state index in [0.29, 0.717) is 51.2 Å². The Balaban J connectivity index is 0.000000207. The van der Waals surface area contributed by atoms with E-state index in [0.717, 1.165) is 47.4 Å². The Bertz CT molecular complexity index is 3210.